The number of piperidine rings is 1. The Hall–Kier alpha value is -2.93. The van der Waals surface area contributed by atoms with E-state index in [9.17, 15) is 9.70 Å². The maximum absolute atomic E-state index is 12.4. The van der Waals surface area contributed by atoms with E-state index in [4.69, 9.17) is 4.74 Å². The summed E-state index contributed by atoms with van der Waals surface area (Å²) in [5.74, 6) is 0. The lowest BCUT2D eigenvalue weighted by atomic mass is 10.0. The summed E-state index contributed by atoms with van der Waals surface area (Å²) < 4.78 is 5.63. The molecule has 3 rings (SSSR count). The first-order valence-corrected chi connectivity index (χ1v) is 9.54. The third kappa shape index (κ3) is 5.53. The van der Waals surface area contributed by atoms with Crippen LogP contribution in [0.4, 0.5) is 10.5 Å². The standard InChI is InChI=1S/C21H26N4O3/c1-24(23-27)15-16-25-13-11-18(12-14-25)28-21(26)22-20-10-6-5-9-19(20)17-7-3-2-4-8-17/h2-10,18H,11-16H2,1H3,(H,22,26). The predicted molar refractivity (Wildman–Crippen MR) is 110 cm³/mol. The van der Waals surface area contributed by atoms with Gasteiger partial charge in [0.2, 0.25) is 0 Å². The molecule has 7 nitrogen and oxygen atoms in total. The first kappa shape index (κ1) is 19.8. The van der Waals surface area contributed by atoms with Gasteiger partial charge in [0.15, 0.2) is 0 Å². The van der Waals surface area contributed by atoms with Crippen LogP contribution in [0.5, 0.6) is 0 Å². The van der Waals surface area contributed by atoms with E-state index in [0.29, 0.717) is 6.54 Å². The van der Waals surface area contributed by atoms with Crippen molar-refractivity contribution < 1.29 is 9.53 Å². The summed E-state index contributed by atoms with van der Waals surface area (Å²) in [6.45, 7) is 3.06. The number of para-hydroxylation sites is 1. The van der Waals surface area contributed by atoms with E-state index in [1.54, 1.807) is 7.05 Å². The molecule has 1 N–H and O–H groups in total. The molecule has 148 valence electrons. The highest BCUT2D eigenvalue weighted by Gasteiger charge is 2.22. The second kappa shape index (κ2) is 9.85. The maximum Gasteiger partial charge on any atom is 0.411 e. The number of carbonyl (C=O) groups excluding carboxylic acids is 1. The zero-order valence-corrected chi connectivity index (χ0v) is 16.1. The van der Waals surface area contributed by atoms with Crippen LogP contribution in [0.3, 0.4) is 0 Å². The minimum atomic E-state index is -0.424. The number of benzene rings is 2. The van der Waals surface area contributed by atoms with E-state index in [0.717, 1.165) is 49.3 Å². The quantitative estimate of drug-likeness (QED) is 0.579. The van der Waals surface area contributed by atoms with Gasteiger partial charge in [-0.25, -0.2) is 4.79 Å². The number of nitrogens with zero attached hydrogens (tertiary/aromatic N) is 3. The molecule has 1 aliphatic heterocycles. The van der Waals surface area contributed by atoms with Crippen LogP contribution < -0.4 is 5.32 Å². The van der Waals surface area contributed by atoms with Crippen molar-refractivity contribution in [3.63, 3.8) is 0 Å². The number of nitrogens with one attached hydrogen (secondary N) is 1. The Morgan fingerprint density at radius 2 is 1.82 bits per heavy atom. The summed E-state index contributed by atoms with van der Waals surface area (Å²) in [5, 5.41) is 7.15. The zero-order valence-electron chi connectivity index (χ0n) is 16.1. The topological polar surface area (TPSA) is 74.2 Å². The molecule has 28 heavy (non-hydrogen) atoms. The Morgan fingerprint density at radius 1 is 1.14 bits per heavy atom. The summed E-state index contributed by atoms with van der Waals surface area (Å²) in [7, 11) is 1.67. The molecule has 0 aromatic heterocycles. The molecule has 0 spiro atoms. The van der Waals surface area contributed by atoms with Gasteiger partial charge in [-0.15, -0.1) is 4.91 Å². The monoisotopic (exact) mass is 382 g/mol. The van der Waals surface area contributed by atoms with Gasteiger partial charge in [0.05, 0.1) is 17.5 Å². The number of carbonyl (C=O) groups is 1. The Bertz CT molecular complexity index is 776. The van der Waals surface area contributed by atoms with Crippen LogP contribution in [0, 0.1) is 4.91 Å². The largest absolute Gasteiger partial charge is 0.446 e. The lowest BCUT2D eigenvalue weighted by molar-refractivity contribution is 0.0566. The molecule has 2 aromatic carbocycles. The third-order valence-electron chi connectivity index (χ3n) is 4.94. The second-order valence-electron chi connectivity index (χ2n) is 6.95. The van der Waals surface area contributed by atoms with Gasteiger partial charge in [-0.05, 0) is 24.5 Å². The molecule has 2 aromatic rings. The molecular formula is C21H26N4O3. The summed E-state index contributed by atoms with van der Waals surface area (Å²) in [4.78, 5) is 25.1. The van der Waals surface area contributed by atoms with Crippen molar-refractivity contribution in [3.05, 3.63) is 59.5 Å². The first-order valence-electron chi connectivity index (χ1n) is 9.54. The molecular weight excluding hydrogens is 356 g/mol. The van der Waals surface area contributed by atoms with Crippen molar-refractivity contribution in [3.8, 4) is 11.1 Å². The molecule has 0 radical (unpaired) electrons. The normalized spacial score (nSPS) is 15.0. The number of hydrogen-bond acceptors (Lipinski definition) is 5. The van der Waals surface area contributed by atoms with Crippen molar-refractivity contribution in [2.24, 2.45) is 5.29 Å². The number of ether oxygens (including phenoxy) is 1. The van der Waals surface area contributed by atoms with Crippen LogP contribution in [0.15, 0.2) is 59.9 Å². The molecule has 1 heterocycles. The number of likely N-dealkylation sites (tertiary alicyclic amines) is 1. The minimum absolute atomic E-state index is 0.0953. The van der Waals surface area contributed by atoms with Crippen molar-refractivity contribution in [1.82, 2.24) is 9.91 Å². The van der Waals surface area contributed by atoms with Gasteiger partial charge in [0.25, 0.3) is 0 Å². The zero-order chi connectivity index (χ0) is 19.8. The lowest BCUT2D eigenvalue weighted by Crippen LogP contribution is -2.41. The van der Waals surface area contributed by atoms with E-state index >= 15 is 0 Å². The molecule has 1 fully saturated rings. The average Bonchev–Trinajstić information content (AvgIpc) is 2.74. The van der Waals surface area contributed by atoms with Gasteiger partial charge in [-0.3, -0.25) is 10.3 Å². The first-order chi connectivity index (χ1) is 13.7. The van der Waals surface area contributed by atoms with Crippen molar-refractivity contribution >= 4 is 11.8 Å². The van der Waals surface area contributed by atoms with Crippen molar-refractivity contribution in [1.29, 1.82) is 0 Å². The van der Waals surface area contributed by atoms with Gasteiger partial charge < -0.3 is 9.64 Å². The van der Waals surface area contributed by atoms with E-state index in [-0.39, 0.29) is 6.10 Å². The number of nitroso groups, excluding NO2 is 1. The van der Waals surface area contributed by atoms with E-state index in [1.807, 2.05) is 54.6 Å². The van der Waals surface area contributed by atoms with E-state index in [1.165, 1.54) is 5.01 Å². The highest BCUT2D eigenvalue weighted by Crippen LogP contribution is 2.27. The van der Waals surface area contributed by atoms with Crippen LogP contribution in [0.2, 0.25) is 0 Å². The van der Waals surface area contributed by atoms with Gasteiger partial charge >= 0.3 is 6.09 Å². The number of rotatable bonds is 7. The molecule has 0 bridgehead atoms. The molecule has 0 unspecified atom stereocenters. The minimum Gasteiger partial charge on any atom is -0.446 e. The second-order valence-corrected chi connectivity index (χ2v) is 6.95. The average molecular weight is 382 g/mol. The van der Waals surface area contributed by atoms with Crippen LogP contribution in [0.25, 0.3) is 11.1 Å². The van der Waals surface area contributed by atoms with E-state index < -0.39 is 6.09 Å². The SMILES string of the molecule is CN(CCN1CCC(OC(=O)Nc2ccccc2-c2ccccc2)CC1)N=O. The highest BCUT2D eigenvalue weighted by atomic mass is 16.6. The van der Waals surface area contributed by atoms with Gasteiger partial charge in [-0.2, -0.15) is 0 Å². The molecule has 0 atom stereocenters. The fourth-order valence-corrected chi connectivity index (χ4v) is 3.33. The molecule has 1 amide bonds. The fourth-order valence-electron chi connectivity index (χ4n) is 3.33. The summed E-state index contributed by atoms with van der Waals surface area (Å²) in [6, 6.07) is 17.6. The Balaban J connectivity index is 1.50. The van der Waals surface area contributed by atoms with Crippen LogP contribution >= 0.6 is 0 Å². The van der Waals surface area contributed by atoms with Gasteiger partial charge in [0.1, 0.15) is 6.10 Å². The smallest absolute Gasteiger partial charge is 0.411 e. The number of anilines is 1. The van der Waals surface area contributed by atoms with Gasteiger partial charge in [-0.1, -0.05) is 48.5 Å². The fraction of sp³-hybridized carbons (Fsp3) is 0.381. The number of amides is 1. The van der Waals surface area contributed by atoms with Crippen molar-refractivity contribution in [2.45, 2.75) is 18.9 Å². The third-order valence-corrected chi connectivity index (χ3v) is 4.94. The molecule has 0 saturated carbocycles. The number of likely N-dealkylation sites (N-methyl/N-ethyl adjacent to an activating group) is 1. The van der Waals surface area contributed by atoms with E-state index in [2.05, 4.69) is 15.5 Å². The molecule has 0 aliphatic carbocycles. The maximum atomic E-state index is 12.4. The van der Waals surface area contributed by atoms with Crippen molar-refractivity contribution in [2.75, 3.05) is 38.5 Å². The Labute approximate surface area is 165 Å². The molecule has 7 heteroatoms. The lowest BCUT2D eigenvalue weighted by Gasteiger charge is -2.32. The van der Waals surface area contributed by atoms with Crippen LogP contribution in [-0.2, 0) is 4.74 Å². The summed E-state index contributed by atoms with van der Waals surface area (Å²) >= 11 is 0. The van der Waals surface area contributed by atoms with Gasteiger partial charge in [0, 0.05) is 32.2 Å². The molecule has 1 aliphatic rings. The Morgan fingerprint density at radius 3 is 2.54 bits per heavy atom. The highest BCUT2D eigenvalue weighted by molar-refractivity contribution is 5.91. The predicted octanol–water partition coefficient (Wildman–Crippen LogP) is 3.98. The summed E-state index contributed by atoms with van der Waals surface area (Å²) in [6.07, 6.45) is 1.05. The van der Waals surface area contributed by atoms with Crippen LogP contribution in [0.1, 0.15) is 12.8 Å². The number of hydrogen-bond donors (Lipinski definition) is 1. The van der Waals surface area contributed by atoms with Crippen LogP contribution in [-0.4, -0.2) is 55.3 Å². The molecule has 1 saturated heterocycles. The Kier molecular flexibility index (Phi) is 6.97. The summed E-state index contributed by atoms with van der Waals surface area (Å²) in [5.41, 5.74) is 2.74.